The van der Waals surface area contributed by atoms with Crippen LogP contribution in [0.1, 0.15) is 16.7 Å². The minimum atomic E-state index is -3.83. The molecular formula is C16H17N3O3S. The van der Waals surface area contributed by atoms with E-state index in [2.05, 4.69) is 10.3 Å². The van der Waals surface area contributed by atoms with Gasteiger partial charge in [0, 0.05) is 24.2 Å². The number of hydrogen-bond donors (Lipinski definition) is 2. The highest BCUT2D eigenvalue weighted by Crippen LogP contribution is 2.23. The minimum absolute atomic E-state index is 0.0351. The molecule has 0 aliphatic rings. The Morgan fingerprint density at radius 3 is 2.65 bits per heavy atom. The molecule has 0 radical (unpaired) electrons. The van der Waals surface area contributed by atoms with Crippen LogP contribution in [-0.2, 0) is 14.8 Å². The summed E-state index contributed by atoms with van der Waals surface area (Å²) < 4.78 is 23.0. The zero-order valence-electron chi connectivity index (χ0n) is 12.8. The molecule has 2 aromatic rings. The monoisotopic (exact) mass is 331 g/mol. The highest BCUT2D eigenvalue weighted by molar-refractivity contribution is 7.89. The van der Waals surface area contributed by atoms with E-state index >= 15 is 0 Å². The summed E-state index contributed by atoms with van der Waals surface area (Å²) in [7, 11) is -3.83. The maximum atomic E-state index is 12.0. The van der Waals surface area contributed by atoms with Crippen LogP contribution in [0.25, 0.3) is 6.08 Å². The number of sulfonamides is 1. The van der Waals surface area contributed by atoms with Gasteiger partial charge in [0.1, 0.15) is 0 Å². The summed E-state index contributed by atoms with van der Waals surface area (Å²) >= 11 is 0. The van der Waals surface area contributed by atoms with Crippen LogP contribution < -0.4 is 10.5 Å². The Morgan fingerprint density at radius 1 is 1.30 bits per heavy atom. The fraction of sp³-hybridized carbons (Fsp3) is 0.125. The molecule has 3 N–H and O–H groups in total. The fourth-order valence-corrected chi connectivity index (χ4v) is 2.56. The molecule has 0 atom stereocenters. The molecule has 0 unspecified atom stereocenters. The minimum Gasteiger partial charge on any atom is -0.322 e. The largest absolute Gasteiger partial charge is 0.322 e. The molecule has 0 spiro atoms. The number of amides is 1. The van der Waals surface area contributed by atoms with Crippen molar-refractivity contribution in [3.63, 3.8) is 0 Å². The Morgan fingerprint density at radius 2 is 2.04 bits per heavy atom. The lowest BCUT2D eigenvalue weighted by molar-refractivity contribution is -0.111. The third-order valence-corrected chi connectivity index (χ3v) is 4.23. The SMILES string of the molecule is Cc1cc(S(N)(=O)=O)cc(NC(=O)/C=C/c2cccnc2)c1C. The number of pyridine rings is 1. The third kappa shape index (κ3) is 4.48. The number of rotatable bonds is 4. The molecule has 1 aromatic heterocycles. The molecule has 6 nitrogen and oxygen atoms in total. The van der Waals surface area contributed by atoms with Gasteiger partial charge < -0.3 is 5.32 Å². The summed E-state index contributed by atoms with van der Waals surface area (Å²) in [5, 5.41) is 7.82. The van der Waals surface area contributed by atoms with Gasteiger partial charge in [-0.1, -0.05) is 6.07 Å². The van der Waals surface area contributed by atoms with Crippen molar-refractivity contribution < 1.29 is 13.2 Å². The molecule has 23 heavy (non-hydrogen) atoms. The van der Waals surface area contributed by atoms with E-state index in [4.69, 9.17) is 5.14 Å². The maximum absolute atomic E-state index is 12.0. The van der Waals surface area contributed by atoms with Gasteiger partial charge in [-0.25, -0.2) is 13.6 Å². The van der Waals surface area contributed by atoms with Crippen molar-refractivity contribution >= 4 is 27.7 Å². The third-order valence-electron chi connectivity index (χ3n) is 3.34. The van der Waals surface area contributed by atoms with E-state index in [0.29, 0.717) is 5.69 Å². The molecule has 0 bridgehead atoms. The van der Waals surface area contributed by atoms with Crippen molar-refractivity contribution in [1.82, 2.24) is 4.98 Å². The van der Waals surface area contributed by atoms with Gasteiger partial charge >= 0.3 is 0 Å². The van der Waals surface area contributed by atoms with E-state index in [1.807, 2.05) is 6.07 Å². The maximum Gasteiger partial charge on any atom is 0.248 e. The molecule has 1 heterocycles. The number of aryl methyl sites for hydroxylation is 1. The van der Waals surface area contributed by atoms with Crippen molar-refractivity contribution in [2.45, 2.75) is 18.7 Å². The Kier molecular flexibility index (Phi) is 4.92. The molecule has 0 fully saturated rings. The molecular weight excluding hydrogens is 314 g/mol. The zero-order chi connectivity index (χ0) is 17.0. The zero-order valence-corrected chi connectivity index (χ0v) is 13.6. The predicted molar refractivity (Wildman–Crippen MR) is 89.2 cm³/mol. The van der Waals surface area contributed by atoms with Gasteiger partial charge in [-0.2, -0.15) is 0 Å². The van der Waals surface area contributed by atoms with Crippen molar-refractivity contribution in [3.8, 4) is 0 Å². The molecule has 1 amide bonds. The van der Waals surface area contributed by atoms with Crippen molar-refractivity contribution in [3.05, 3.63) is 59.4 Å². The summed E-state index contributed by atoms with van der Waals surface area (Å²) in [5.41, 5.74) is 2.70. The molecule has 2 rings (SSSR count). The number of nitrogens with one attached hydrogen (secondary N) is 1. The number of primary sulfonamides is 1. The van der Waals surface area contributed by atoms with E-state index < -0.39 is 10.0 Å². The second-order valence-electron chi connectivity index (χ2n) is 5.07. The van der Waals surface area contributed by atoms with Gasteiger partial charge in [0.2, 0.25) is 15.9 Å². The fourth-order valence-electron chi connectivity index (χ4n) is 1.94. The smallest absolute Gasteiger partial charge is 0.248 e. The number of carbonyl (C=O) groups is 1. The van der Waals surface area contributed by atoms with Gasteiger partial charge in [0.25, 0.3) is 0 Å². The summed E-state index contributed by atoms with van der Waals surface area (Å²) in [5.74, 6) is -0.372. The number of nitrogens with zero attached hydrogens (tertiary/aromatic N) is 1. The van der Waals surface area contributed by atoms with Crippen LogP contribution in [0.15, 0.2) is 47.6 Å². The number of carbonyl (C=O) groups excluding carboxylic acids is 1. The molecule has 0 saturated carbocycles. The van der Waals surface area contributed by atoms with Crippen molar-refractivity contribution in [2.75, 3.05) is 5.32 Å². The first kappa shape index (κ1) is 16.9. The van der Waals surface area contributed by atoms with Crippen LogP contribution in [0.2, 0.25) is 0 Å². The standard InChI is InChI=1S/C16H17N3O3S/c1-11-8-14(23(17,21)22)9-15(12(11)2)19-16(20)6-5-13-4-3-7-18-10-13/h3-10H,1-2H3,(H,19,20)(H2,17,21,22)/b6-5+. The first-order valence-electron chi connectivity index (χ1n) is 6.80. The Hall–Kier alpha value is -2.51. The average molecular weight is 331 g/mol. The van der Waals surface area contributed by atoms with Crippen LogP contribution in [0.3, 0.4) is 0 Å². The van der Waals surface area contributed by atoms with E-state index in [9.17, 15) is 13.2 Å². The van der Waals surface area contributed by atoms with E-state index in [1.165, 1.54) is 18.2 Å². The van der Waals surface area contributed by atoms with Crippen LogP contribution >= 0.6 is 0 Å². The molecule has 7 heteroatoms. The van der Waals surface area contributed by atoms with Gasteiger partial charge in [0.15, 0.2) is 0 Å². The second-order valence-corrected chi connectivity index (χ2v) is 6.63. The molecule has 0 saturated heterocycles. The molecule has 0 aliphatic heterocycles. The van der Waals surface area contributed by atoms with Gasteiger partial charge in [-0.05, 0) is 54.8 Å². The Bertz CT molecular complexity index is 860. The number of hydrogen-bond acceptors (Lipinski definition) is 4. The number of benzene rings is 1. The summed E-state index contributed by atoms with van der Waals surface area (Å²) in [6.07, 6.45) is 6.24. The van der Waals surface area contributed by atoms with Crippen LogP contribution in [0.5, 0.6) is 0 Å². The highest BCUT2D eigenvalue weighted by Gasteiger charge is 2.13. The number of aromatic nitrogens is 1. The van der Waals surface area contributed by atoms with Crippen molar-refractivity contribution in [1.29, 1.82) is 0 Å². The molecule has 1 aromatic carbocycles. The summed E-state index contributed by atoms with van der Waals surface area (Å²) in [4.78, 5) is 15.9. The highest BCUT2D eigenvalue weighted by atomic mass is 32.2. The second kappa shape index (κ2) is 6.72. The first-order chi connectivity index (χ1) is 10.8. The van der Waals surface area contributed by atoms with Crippen LogP contribution in [0.4, 0.5) is 5.69 Å². The van der Waals surface area contributed by atoms with E-state index in [1.54, 1.807) is 38.4 Å². The van der Waals surface area contributed by atoms with Gasteiger partial charge in [-0.15, -0.1) is 0 Å². The quantitative estimate of drug-likeness (QED) is 0.836. The summed E-state index contributed by atoms with van der Waals surface area (Å²) in [6, 6.07) is 6.41. The van der Waals surface area contributed by atoms with Gasteiger partial charge in [0.05, 0.1) is 4.90 Å². The Labute approximate surface area is 135 Å². The van der Waals surface area contributed by atoms with Gasteiger partial charge in [-0.3, -0.25) is 9.78 Å². The Balaban J connectivity index is 2.24. The lowest BCUT2D eigenvalue weighted by Crippen LogP contribution is -2.15. The number of nitrogens with two attached hydrogens (primary N) is 1. The first-order valence-corrected chi connectivity index (χ1v) is 8.35. The van der Waals surface area contributed by atoms with E-state index in [0.717, 1.165) is 16.7 Å². The molecule has 120 valence electrons. The topological polar surface area (TPSA) is 102 Å². The van der Waals surface area contributed by atoms with Crippen LogP contribution in [-0.4, -0.2) is 19.3 Å². The van der Waals surface area contributed by atoms with Crippen molar-refractivity contribution in [2.24, 2.45) is 5.14 Å². The molecule has 0 aliphatic carbocycles. The average Bonchev–Trinajstić information content (AvgIpc) is 2.49. The normalized spacial score (nSPS) is 11.6. The summed E-state index contributed by atoms with van der Waals surface area (Å²) in [6.45, 7) is 3.55. The van der Waals surface area contributed by atoms with E-state index in [-0.39, 0.29) is 10.8 Å². The number of anilines is 1. The predicted octanol–water partition coefficient (Wildman–Crippen LogP) is 2.00. The lowest BCUT2D eigenvalue weighted by atomic mass is 10.1. The lowest BCUT2D eigenvalue weighted by Gasteiger charge is -2.11. The van der Waals surface area contributed by atoms with Crippen LogP contribution in [0, 0.1) is 13.8 Å².